The van der Waals surface area contributed by atoms with Crippen LogP contribution in [-0.4, -0.2) is 63.5 Å². The van der Waals surface area contributed by atoms with E-state index >= 15 is 0 Å². The monoisotopic (exact) mass is 417 g/mol. The number of carbonyl (C=O) groups is 1. The number of morpholine rings is 1. The zero-order chi connectivity index (χ0) is 20.8. The Hall–Kier alpha value is -2.84. The van der Waals surface area contributed by atoms with Crippen molar-refractivity contribution in [3.8, 4) is 23.0 Å². The van der Waals surface area contributed by atoms with Crippen LogP contribution >= 0.6 is 12.2 Å². The third-order valence-electron chi connectivity index (χ3n) is 4.52. The molecule has 0 spiro atoms. The first-order chi connectivity index (χ1) is 14.1. The first kappa shape index (κ1) is 20.9. The quantitative estimate of drug-likeness (QED) is 0.404. The summed E-state index contributed by atoms with van der Waals surface area (Å²) >= 11 is 5.63. The molecule has 154 valence electrons. The van der Waals surface area contributed by atoms with E-state index in [-0.39, 0.29) is 5.56 Å². The molecule has 8 heteroatoms. The Morgan fingerprint density at radius 3 is 2.17 bits per heavy atom. The van der Waals surface area contributed by atoms with E-state index in [1.165, 1.54) is 21.3 Å². The van der Waals surface area contributed by atoms with E-state index < -0.39 is 5.97 Å². The van der Waals surface area contributed by atoms with Crippen LogP contribution in [0.3, 0.4) is 0 Å². The Kier molecular flexibility index (Phi) is 6.90. The van der Waals surface area contributed by atoms with Crippen molar-refractivity contribution in [2.24, 2.45) is 0 Å². The number of carbonyl (C=O) groups excluding carboxylic acids is 1. The summed E-state index contributed by atoms with van der Waals surface area (Å²) in [4.78, 5) is 15.5. The first-order valence-corrected chi connectivity index (χ1v) is 9.48. The van der Waals surface area contributed by atoms with Crippen molar-refractivity contribution < 1.29 is 28.5 Å². The summed E-state index contributed by atoms with van der Waals surface area (Å²) in [7, 11) is 4.48. The van der Waals surface area contributed by atoms with E-state index in [1.54, 1.807) is 24.3 Å². The smallest absolute Gasteiger partial charge is 0.343 e. The number of para-hydroxylation sites is 1. The molecule has 0 radical (unpaired) electrons. The molecule has 0 N–H and O–H groups in total. The maximum Gasteiger partial charge on any atom is 0.343 e. The molecule has 2 aromatic rings. The van der Waals surface area contributed by atoms with Gasteiger partial charge in [0.25, 0.3) is 0 Å². The molecule has 0 atom stereocenters. The van der Waals surface area contributed by atoms with Gasteiger partial charge < -0.3 is 28.6 Å². The topological polar surface area (TPSA) is 66.5 Å². The van der Waals surface area contributed by atoms with Crippen molar-refractivity contribution in [3.63, 3.8) is 0 Å². The third kappa shape index (κ3) is 4.60. The zero-order valence-electron chi connectivity index (χ0n) is 16.6. The van der Waals surface area contributed by atoms with Gasteiger partial charge in [0.05, 0.1) is 45.7 Å². The van der Waals surface area contributed by atoms with Gasteiger partial charge in [0.1, 0.15) is 10.7 Å². The molecule has 1 aliphatic heterocycles. The van der Waals surface area contributed by atoms with Crippen LogP contribution in [0.5, 0.6) is 23.0 Å². The molecule has 0 bridgehead atoms. The maximum absolute atomic E-state index is 12.9. The highest BCUT2D eigenvalue weighted by atomic mass is 32.1. The molecule has 29 heavy (non-hydrogen) atoms. The second kappa shape index (κ2) is 9.58. The van der Waals surface area contributed by atoms with Gasteiger partial charge in [-0.3, -0.25) is 0 Å². The fourth-order valence-electron chi connectivity index (χ4n) is 3.03. The van der Waals surface area contributed by atoms with Gasteiger partial charge >= 0.3 is 5.97 Å². The molecular weight excluding hydrogens is 394 g/mol. The summed E-state index contributed by atoms with van der Waals surface area (Å²) < 4.78 is 27.0. The van der Waals surface area contributed by atoms with Gasteiger partial charge in [-0.1, -0.05) is 24.4 Å². The minimum atomic E-state index is -0.554. The van der Waals surface area contributed by atoms with Gasteiger partial charge in [-0.2, -0.15) is 0 Å². The first-order valence-electron chi connectivity index (χ1n) is 9.07. The molecule has 2 aromatic carbocycles. The highest BCUT2D eigenvalue weighted by molar-refractivity contribution is 7.80. The third-order valence-corrected chi connectivity index (χ3v) is 5.00. The van der Waals surface area contributed by atoms with Crippen LogP contribution in [0.1, 0.15) is 15.9 Å². The Morgan fingerprint density at radius 2 is 1.59 bits per heavy atom. The lowest BCUT2D eigenvalue weighted by Crippen LogP contribution is -2.40. The van der Waals surface area contributed by atoms with Crippen LogP contribution < -0.4 is 18.9 Å². The summed E-state index contributed by atoms with van der Waals surface area (Å²) in [6.45, 7) is 2.64. The number of esters is 1. The van der Waals surface area contributed by atoms with Gasteiger partial charge in [0.15, 0.2) is 11.5 Å². The number of thiocarbonyl (C=S) groups is 1. The normalized spacial score (nSPS) is 13.6. The summed E-state index contributed by atoms with van der Waals surface area (Å²) in [5, 5.41) is 0. The SMILES string of the molecule is COc1cc(C(=O)Oc2ccccc2C(=S)N2CCOCC2)cc(OC)c1OC. The number of rotatable bonds is 6. The number of methoxy groups -OCH3 is 3. The average molecular weight is 417 g/mol. The van der Waals surface area contributed by atoms with Crippen molar-refractivity contribution >= 4 is 23.2 Å². The van der Waals surface area contributed by atoms with Crippen molar-refractivity contribution in [2.45, 2.75) is 0 Å². The van der Waals surface area contributed by atoms with E-state index in [0.29, 0.717) is 59.9 Å². The summed E-state index contributed by atoms with van der Waals surface area (Å²) in [6, 6.07) is 10.3. The zero-order valence-corrected chi connectivity index (χ0v) is 17.4. The Bertz CT molecular complexity index is 869. The minimum Gasteiger partial charge on any atom is -0.493 e. The average Bonchev–Trinajstić information content (AvgIpc) is 2.78. The number of hydrogen-bond acceptors (Lipinski definition) is 7. The lowest BCUT2D eigenvalue weighted by atomic mass is 10.1. The Labute approximate surface area is 175 Å². The van der Waals surface area contributed by atoms with E-state index in [1.807, 2.05) is 17.0 Å². The Balaban J connectivity index is 1.87. The summed E-state index contributed by atoms with van der Waals surface area (Å²) in [5.41, 5.74) is 0.955. The maximum atomic E-state index is 12.9. The molecule has 3 rings (SSSR count). The lowest BCUT2D eigenvalue weighted by molar-refractivity contribution is 0.0687. The van der Waals surface area contributed by atoms with Crippen LogP contribution in [0.4, 0.5) is 0 Å². The molecule has 1 fully saturated rings. The predicted octanol–water partition coefficient (Wildman–Crippen LogP) is 2.94. The molecule has 7 nitrogen and oxygen atoms in total. The number of benzene rings is 2. The van der Waals surface area contributed by atoms with Gasteiger partial charge in [0, 0.05) is 13.1 Å². The molecule has 1 heterocycles. The molecule has 1 saturated heterocycles. The molecule has 0 unspecified atom stereocenters. The van der Waals surface area contributed by atoms with Crippen LogP contribution in [-0.2, 0) is 4.74 Å². The van der Waals surface area contributed by atoms with Crippen LogP contribution in [0, 0.1) is 0 Å². The predicted molar refractivity (Wildman–Crippen MR) is 112 cm³/mol. The van der Waals surface area contributed by atoms with Crippen LogP contribution in [0.15, 0.2) is 36.4 Å². The molecular formula is C21H23NO6S. The van der Waals surface area contributed by atoms with E-state index in [4.69, 9.17) is 35.9 Å². The lowest BCUT2D eigenvalue weighted by Gasteiger charge is -2.29. The standard InChI is InChI=1S/C21H23NO6S/c1-24-17-12-14(13-18(25-2)19(17)26-3)21(23)28-16-7-5-4-6-15(16)20(29)22-8-10-27-11-9-22/h4-7,12-13H,8-11H2,1-3H3. The molecule has 0 aliphatic carbocycles. The van der Waals surface area contributed by atoms with Gasteiger partial charge in [-0.25, -0.2) is 4.79 Å². The van der Waals surface area contributed by atoms with Crippen molar-refractivity contribution in [1.29, 1.82) is 0 Å². The van der Waals surface area contributed by atoms with Crippen molar-refractivity contribution in [3.05, 3.63) is 47.5 Å². The van der Waals surface area contributed by atoms with E-state index in [0.717, 1.165) is 0 Å². The summed E-state index contributed by atoms with van der Waals surface area (Å²) in [5.74, 6) is 0.983. The van der Waals surface area contributed by atoms with Crippen LogP contribution in [0.2, 0.25) is 0 Å². The molecule has 0 amide bonds. The number of nitrogens with zero attached hydrogens (tertiary/aromatic N) is 1. The largest absolute Gasteiger partial charge is 0.493 e. The number of hydrogen-bond donors (Lipinski definition) is 0. The van der Waals surface area contributed by atoms with Gasteiger partial charge in [0.2, 0.25) is 5.75 Å². The van der Waals surface area contributed by atoms with Crippen LogP contribution in [0.25, 0.3) is 0 Å². The Morgan fingerprint density at radius 1 is 0.966 bits per heavy atom. The summed E-state index contributed by atoms with van der Waals surface area (Å²) in [6.07, 6.45) is 0. The number of ether oxygens (including phenoxy) is 5. The van der Waals surface area contributed by atoms with Crippen molar-refractivity contribution in [1.82, 2.24) is 4.90 Å². The fourth-order valence-corrected chi connectivity index (χ4v) is 3.38. The molecule has 0 saturated carbocycles. The molecule has 1 aliphatic rings. The highest BCUT2D eigenvalue weighted by Crippen LogP contribution is 2.38. The van der Waals surface area contributed by atoms with Gasteiger partial charge in [-0.15, -0.1) is 0 Å². The fraction of sp³-hybridized carbons (Fsp3) is 0.333. The second-order valence-corrected chi connectivity index (χ2v) is 6.59. The van der Waals surface area contributed by atoms with E-state index in [9.17, 15) is 4.79 Å². The second-order valence-electron chi connectivity index (χ2n) is 6.20. The molecule has 0 aromatic heterocycles. The van der Waals surface area contributed by atoms with Crippen molar-refractivity contribution in [2.75, 3.05) is 47.6 Å². The highest BCUT2D eigenvalue weighted by Gasteiger charge is 2.22. The van der Waals surface area contributed by atoms with E-state index in [2.05, 4.69) is 0 Å². The minimum absolute atomic E-state index is 0.270. The van der Waals surface area contributed by atoms with Gasteiger partial charge in [-0.05, 0) is 24.3 Å².